The first-order valence-corrected chi connectivity index (χ1v) is 13.2. The molecule has 198 valence electrons. The van der Waals surface area contributed by atoms with E-state index in [1.54, 1.807) is 25.1 Å². The van der Waals surface area contributed by atoms with Crippen molar-refractivity contribution < 1.29 is 19.1 Å². The summed E-state index contributed by atoms with van der Waals surface area (Å²) in [6.45, 7) is 3.68. The van der Waals surface area contributed by atoms with Crippen LogP contribution in [0, 0.1) is 12.7 Å². The maximum absolute atomic E-state index is 13.8. The van der Waals surface area contributed by atoms with E-state index in [9.17, 15) is 19.1 Å². The van der Waals surface area contributed by atoms with E-state index >= 15 is 0 Å². The molecule has 0 aliphatic carbocycles. The molecular weight excluding hydrogens is 491 g/mol. The third-order valence-electron chi connectivity index (χ3n) is 7.28. The molecule has 1 aliphatic rings. The molecule has 6 heteroatoms. The van der Waals surface area contributed by atoms with Crippen LogP contribution in [-0.2, 0) is 25.9 Å². The Morgan fingerprint density at radius 2 is 1.67 bits per heavy atom. The van der Waals surface area contributed by atoms with Crippen LogP contribution in [-0.4, -0.2) is 23.5 Å². The number of aryl methyl sites for hydroxylation is 2. The van der Waals surface area contributed by atoms with Gasteiger partial charge < -0.3 is 15.3 Å². The zero-order valence-corrected chi connectivity index (χ0v) is 21.9. The predicted molar refractivity (Wildman–Crippen MR) is 151 cm³/mol. The van der Waals surface area contributed by atoms with Gasteiger partial charge >= 0.3 is 5.97 Å². The average Bonchev–Trinajstić information content (AvgIpc) is 2.94. The molecule has 0 spiro atoms. The Balaban J connectivity index is 1.23. The Labute approximate surface area is 227 Å². The summed E-state index contributed by atoms with van der Waals surface area (Å²) in [5.74, 6) is -1.35. The molecule has 2 N–H and O–H groups in total. The molecule has 0 aromatic heterocycles. The largest absolute Gasteiger partial charge is 0.478 e. The molecule has 0 saturated heterocycles. The van der Waals surface area contributed by atoms with Crippen molar-refractivity contribution in [3.63, 3.8) is 0 Å². The van der Waals surface area contributed by atoms with E-state index < -0.39 is 5.97 Å². The minimum atomic E-state index is -0.909. The molecule has 0 atom stereocenters. The van der Waals surface area contributed by atoms with Gasteiger partial charge in [-0.2, -0.15) is 0 Å². The zero-order chi connectivity index (χ0) is 27.4. The summed E-state index contributed by atoms with van der Waals surface area (Å²) in [4.78, 5) is 26.7. The predicted octanol–water partition coefficient (Wildman–Crippen LogP) is 6.31. The molecule has 0 saturated carbocycles. The topological polar surface area (TPSA) is 69.6 Å². The van der Waals surface area contributed by atoms with Gasteiger partial charge in [0.1, 0.15) is 5.82 Å². The number of aromatic carboxylic acids is 1. The van der Waals surface area contributed by atoms with Gasteiger partial charge in [-0.05, 0) is 89.9 Å². The summed E-state index contributed by atoms with van der Waals surface area (Å²) in [6, 6.07) is 26.3. The van der Waals surface area contributed by atoms with Crippen LogP contribution in [0.2, 0.25) is 0 Å². The van der Waals surface area contributed by atoms with Crippen LogP contribution >= 0.6 is 0 Å². The molecule has 1 aliphatic heterocycles. The Morgan fingerprint density at radius 1 is 0.923 bits per heavy atom. The molecule has 1 heterocycles. The molecule has 0 unspecified atom stereocenters. The van der Waals surface area contributed by atoms with Gasteiger partial charge in [-0.1, -0.05) is 54.6 Å². The Kier molecular flexibility index (Phi) is 7.73. The molecule has 5 nitrogen and oxygen atoms in total. The first-order chi connectivity index (χ1) is 18.9. The highest BCUT2D eigenvalue weighted by molar-refractivity contribution is 5.95. The third-order valence-corrected chi connectivity index (χ3v) is 7.28. The number of nitrogens with zero attached hydrogens (tertiary/aromatic N) is 1. The lowest BCUT2D eigenvalue weighted by molar-refractivity contribution is 0.0695. The van der Waals surface area contributed by atoms with E-state index in [0.29, 0.717) is 23.1 Å². The second-order valence-corrected chi connectivity index (χ2v) is 10.1. The Bertz CT molecular complexity index is 1510. The lowest BCUT2D eigenvalue weighted by Gasteiger charge is -2.31. The summed E-state index contributed by atoms with van der Waals surface area (Å²) in [6.07, 6.45) is 2.49. The maximum Gasteiger partial charge on any atom is 0.335 e. The molecule has 39 heavy (non-hydrogen) atoms. The number of rotatable bonds is 8. The summed E-state index contributed by atoms with van der Waals surface area (Å²) >= 11 is 0. The zero-order valence-electron chi connectivity index (χ0n) is 21.9. The summed E-state index contributed by atoms with van der Waals surface area (Å²) in [7, 11) is 0. The van der Waals surface area contributed by atoms with Gasteiger partial charge in [0, 0.05) is 30.9 Å². The first-order valence-electron chi connectivity index (χ1n) is 13.2. The van der Waals surface area contributed by atoms with Gasteiger partial charge in [-0.25, -0.2) is 9.18 Å². The third kappa shape index (κ3) is 6.17. The fourth-order valence-corrected chi connectivity index (χ4v) is 5.10. The van der Waals surface area contributed by atoms with Crippen molar-refractivity contribution in [2.75, 3.05) is 11.4 Å². The van der Waals surface area contributed by atoms with Crippen LogP contribution in [0.4, 0.5) is 10.1 Å². The number of carboxylic acids is 1. The van der Waals surface area contributed by atoms with Crippen LogP contribution in [0.15, 0.2) is 84.9 Å². The smallest absolute Gasteiger partial charge is 0.335 e. The molecule has 0 bridgehead atoms. The van der Waals surface area contributed by atoms with E-state index in [0.717, 1.165) is 53.9 Å². The first kappa shape index (κ1) is 26.2. The fraction of sp³-hybridized carbons (Fsp3) is 0.212. The lowest BCUT2D eigenvalue weighted by atomic mass is 9.97. The standard InChI is InChI=1S/C33H31FN2O3/c1-22-8-9-25(18-30(22)34)20-35-32(37)28-14-15-31-27(19-28)6-4-16-36(31)21-24-12-10-23(11-13-24)17-26-5-2-3-7-29(26)33(38)39/h2-3,5,7-15,18-19H,4,6,16-17,20-21H2,1H3,(H,35,37)(H,38,39). The normalized spacial score (nSPS) is 12.6. The van der Waals surface area contributed by atoms with E-state index in [2.05, 4.69) is 34.5 Å². The molecule has 4 aromatic carbocycles. The van der Waals surface area contributed by atoms with Crippen LogP contribution in [0.5, 0.6) is 0 Å². The number of amides is 1. The van der Waals surface area contributed by atoms with Crippen molar-refractivity contribution in [3.05, 3.63) is 135 Å². The van der Waals surface area contributed by atoms with Crippen LogP contribution < -0.4 is 10.2 Å². The molecule has 5 rings (SSSR count). The Hall–Kier alpha value is -4.45. The van der Waals surface area contributed by atoms with Gasteiger partial charge in [0.15, 0.2) is 0 Å². The summed E-state index contributed by atoms with van der Waals surface area (Å²) < 4.78 is 13.8. The molecule has 0 fully saturated rings. The molecule has 4 aromatic rings. The minimum absolute atomic E-state index is 0.170. The van der Waals surface area contributed by atoms with Crippen molar-refractivity contribution in [3.8, 4) is 0 Å². The number of fused-ring (bicyclic) bond motifs is 1. The Morgan fingerprint density at radius 3 is 2.44 bits per heavy atom. The van der Waals surface area contributed by atoms with Crippen molar-refractivity contribution >= 4 is 17.6 Å². The average molecular weight is 523 g/mol. The quantitative estimate of drug-likeness (QED) is 0.285. The number of carbonyl (C=O) groups excluding carboxylic acids is 1. The number of halogens is 1. The van der Waals surface area contributed by atoms with Crippen molar-refractivity contribution in [1.82, 2.24) is 5.32 Å². The highest BCUT2D eigenvalue weighted by atomic mass is 19.1. The fourth-order valence-electron chi connectivity index (χ4n) is 5.10. The van der Waals surface area contributed by atoms with E-state index in [1.807, 2.05) is 36.4 Å². The van der Waals surface area contributed by atoms with E-state index in [4.69, 9.17) is 0 Å². The van der Waals surface area contributed by atoms with Crippen molar-refractivity contribution in [1.29, 1.82) is 0 Å². The van der Waals surface area contributed by atoms with Gasteiger partial charge in [-0.3, -0.25) is 4.79 Å². The van der Waals surface area contributed by atoms with E-state index in [1.165, 1.54) is 11.6 Å². The summed E-state index contributed by atoms with van der Waals surface area (Å²) in [5, 5.41) is 12.3. The number of hydrogen-bond acceptors (Lipinski definition) is 3. The second kappa shape index (κ2) is 11.5. The van der Waals surface area contributed by atoms with E-state index in [-0.39, 0.29) is 18.3 Å². The molecule has 1 amide bonds. The van der Waals surface area contributed by atoms with Gasteiger partial charge in [0.05, 0.1) is 5.56 Å². The number of anilines is 1. The number of hydrogen-bond donors (Lipinski definition) is 2. The summed E-state index contributed by atoms with van der Waals surface area (Å²) in [5.41, 5.74) is 7.58. The highest BCUT2D eigenvalue weighted by Crippen LogP contribution is 2.30. The van der Waals surface area contributed by atoms with Crippen molar-refractivity contribution in [2.45, 2.75) is 39.3 Å². The molecular formula is C33H31FN2O3. The maximum atomic E-state index is 13.8. The monoisotopic (exact) mass is 522 g/mol. The minimum Gasteiger partial charge on any atom is -0.478 e. The van der Waals surface area contributed by atoms with Crippen LogP contribution in [0.3, 0.4) is 0 Å². The lowest BCUT2D eigenvalue weighted by Crippen LogP contribution is -2.29. The SMILES string of the molecule is Cc1ccc(CNC(=O)c2ccc3c(c2)CCCN3Cc2ccc(Cc3ccccc3C(=O)O)cc2)cc1F. The highest BCUT2D eigenvalue weighted by Gasteiger charge is 2.19. The van der Waals surface area contributed by atoms with Crippen LogP contribution in [0.1, 0.15) is 60.5 Å². The number of benzene rings is 4. The number of carbonyl (C=O) groups is 2. The van der Waals surface area contributed by atoms with Crippen LogP contribution in [0.25, 0.3) is 0 Å². The number of carboxylic acid groups (broad SMARTS) is 1. The van der Waals surface area contributed by atoms with Gasteiger partial charge in [-0.15, -0.1) is 0 Å². The van der Waals surface area contributed by atoms with Gasteiger partial charge in [0.25, 0.3) is 5.91 Å². The second-order valence-electron chi connectivity index (χ2n) is 10.1. The molecule has 0 radical (unpaired) electrons. The number of nitrogens with one attached hydrogen (secondary N) is 1. The van der Waals surface area contributed by atoms with Gasteiger partial charge in [0.2, 0.25) is 0 Å². The van der Waals surface area contributed by atoms with Crippen molar-refractivity contribution in [2.24, 2.45) is 0 Å².